The molecule has 0 spiro atoms. The summed E-state index contributed by atoms with van der Waals surface area (Å²) in [6.07, 6.45) is -4.07. The van der Waals surface area contributed by atoms with Crippen LogP contribution in [0.15, 0.2) is 41.8 Å². The average Bonchev–Trinajstić information content (AvgIpc) is 3.24. The molecular formula is C16H15FN6O6S. The Morgan fingerprint density at radius 3 is 2.73 bits per heavy atom. The van der Waals surface area contributed by atoms with Crippen molar-refractivity contribution in [3.8, 4) is 0 Å². The Bertz CT molecular complexity index is 1230. The number of amides is 1. The van der Waals surface area contributed by atoms with E-state index in [-0.39, 0.29) is 17.0 Å². The molecule has 3 aromatic rings. The van der Waals surface area contributed by atoms with Crippen LogP contribution in [-0.4, -0.2) is 62.4 Å². The number of aliphatic hydroxyl groups excluding tert-OH is 2. The fourth-order valence-electron chi connectivity index (χ4n) is 3.05. The molecule has 158 valence electrons. The molecule has 2 aromatic heterocycles. The molecule has 1 amide bonds. The van der Waals surface area contributed by atoms with Gasteiger partial charge >= 0.3 is 0 Å². The van der Waals surface area contributed by atoms with Crippen LogP contribution in [0.25, 0.3) is 11.2 Å². The summed E-state index contributed by atoms with van der Waals surface area (Å²) in [5, 5.41) is 20.6. The molecule has 1 aliphatic rings. The first kappa shape index (κ1) is 20.1. The molecule has 0 aliphatic carbocycles. The lowest BCUT2D eigenvalue weighted by Gasteiger charge is -2.16. The summed E-state index contributed by atoms with van der Waals surface area (Å²) in [5.74, 6) is -1.99. The number of carbonyl (C=O) groups excluding carboxylic acids is 1. The van der Waals surface area contributed by atoms with Crippen molar-refractivity contribution in [1.82, 2.24) is 24.2 Å². The fourth-order valence-corrected chi connectivity index (χ4v) is 4.07. The van der Waals surface area contributed by atoms with E-state index in [4.69, 9.17) is 10.5 Å². The Kier molecular flexibility index (Phi) is 4.85. The van der Waals surface area contributed by atoms with Gasteiger partial charge in [-0.3, -0.25) is 9.36 Å². The quantitative estimate of drug-likeness (QED) is 0.381. The van der Waals surface area contributed by atoms with Gasteiger partial charge in [-0.25, -0.2) is 32.5 Å². The number of carbonyl (C=O) groups is 1. The second-order valence-corrected chi connectivity index (χ2v) is 8.12. The van der Waals surface area contributed by atoms with Crippen LogP contribution < -0.4 is 10.5 Å². The van der Waals surface area contributed by atoms with Crippen molar-refractivity contribution in [2.45, 2.75) is 29.4 Å². The number of hydrogen-bond acceptors (Lipinski definition) is 10. The summed E-state index contributed by atoms with van der Waals surface area (Å²) >= 11 is 0. The molecule has 0 unspecified atom stereocenters. The minimum atomic E-state index is -4.44. The molecule has 1 fully saturated rings. The Morgan fingerprint density at radius 2 is 2.00 bits per heavy atom. The van der Waals surface area contributed by atoms with Crippen LogP contribution in [0, 0.1) is 5.82 Å². The van der Waals surface area contributed by atoms with Gasteiger partial charge in [0.1, 0.15) is 29.9 Å². The van der Waals surface area contributed by atoms with Gasteiger partial charge in [-0.2, -0.15) is 0 Å². The second kappa shape index (κ2) is 7.24. The Morgan fingerprint density at radius 1 is 1.23 bits per heavy atom. The van der Waals surface area contributed by atoms with E-state index in [0.717, 1.165) is 30.6 Å². The zero-order valence-corrected chi connectivity index (χ0v) is 15.8. The van der Waals surface area contributed by atoms with E-state index in [0.29, 0.717) is 0 Å². The predicted molar refractivity (Wildman–Crippen MR) is 97.4 cm³/mol. The first-order chi connectivity index (χ1) is 14.2. The van der Waals surface area contributed by atoms with Crippen molar-refractivity contribution < 1.29 is 32.6 Å². The summed E-state index contributed by atoms with van der Waals surface area (Å²) in [4.78, 5) is 23.7. The maximum Gasteiger partial charge on any atom is 0.265 e. The average molecular weight is 438 g/mol. The molecular weight excluding hydrogens is 423 g/mol. The minimum Gasteiger partial charge on any atom is -0.387 e. The molecule has 30 heavy (non-hydrogen) atoms. The number of halogens is 1. The molecule has 0 bridgehead atoms. The normalized spacial score (nSPS) is 24.2. The number of nitrogen functional groups attached to an aromatic ring is 1. The van der Waals surface area contributed by atoms with E-state index in [1.165, 1.54) is 10.9 Å². The number of fused-ring (bicyclic) bond motifs is 1. The first-order valence-corrected chi connectivity index (χ1v) is 9.94. The SMILES string of the molecule is Nc1ncnc2c1ncn2[C@@H]1O[C@H](C(=O)NS(=O)(=O)c2cccc(F)c2)[C@@H](O)[C@H]1O. The number of rotatable bonds is 4. The standard InChI is InChI=1S/C16H15FN6O6S/c17-7-2-1-3-8(4-7)30(27,28)22-15(26)12-10(24)11(25)16(29-12)23-6-21-9-13(18)19-5-20-14(9)23/h1-6,10-12,16,24-25H,(H,22,26)(H2,18,19,20)/t10-,11+,12-,16+/m0/s1. The van der Waals surface area contributed by atoms with E-state index in [9.17, 15) is 27.8 Å². The van der Waals surface area contributed by atoms with Crippen LogP contribution in [0.1, 0.15) is 6.23 Å². The molecule has 4 atom stereocenters. The van der Waals surface area contributed by atoms with E-state index >= 15 is 0 Å². The maximum atomic E-state index is 13.3. The number of aliphatic hydroxyl groups is 2. The molecule has 1 saturated heterocycles. The lowest BCUT2D eigenvalue weighted by atomic mass is 10.1. The third-order valence-electron chi connectivity index (χ3n) is 4.50. The topological polar surface area (TPSA) is 183 Å². The molecule has 1 aromatic carbocycles. The number of ether oxygens (including phenoxy) is 1. The number of sulfonamides is 1. The number of nitrogens with zero attached hydrogens (tertiary/aromatic N) is 4. The lowest BCUT2D eigenvalue weighted by Crippen LogP contribution is -2.44. The van der Waals surface area contributed by atoms with Gasteiger partial charge in [0.25, 0.3) is 15.9 Å². The van der Waals surface area contributed by atoms with Gasteiger partial charge in [0.15, 0.2) is 23.8 Å². The molecule has 4 rings (SSSR count). The van der Waals surface area contributed by atoms with Gasteiger partial charge < -0.3 is 20.7 Å². The van der Waals surface area contributed by atoms with Crippen molar-refractivity contribution in [3.05, 3.63) is 42.7 Å². The zero-order chi connectivity index (χ0) is 21.6. The highest BCUT2D eigenvalue weighted by atomic mass is 32.2. The van der Waals surface area contributed by atoms with Crippen LogP contribution in [0.3, 0.4) is 0 Å². The van der Waals surface area contributed by atoms with Gasteiger partial charge in [-0.05, 0) is 18.2 Å². The summed E-state index contributed by atoms with van der Waals surface area (Å²) in [5.41, 5.74) is 6.09. The van der Waals surface area contributed by atoms with Gasteiger partial charge in [0.2, 0.25) is 0 Å². The first-order valence-electron chi connectivity index (χ1n) is 8.46. The summed E-state index contributed by atoms with van der Waals surface area (Å²) in [6.45, 7) is 0. The predicted octanol–water partition coefficient (Wildman–Crippen LogP) is -1.33. The van der Waals surface area contributed by atoms with Crippen molar-refractivity contribution >= 4 is 32.9 Å². The Balaban J connectivity index is 1.58. The van der Waals surface area contributed by atoms with E-state index < -0.39 is 51.2 Å². The van der Waals surface area contributed by atoms with Gasteiger partial charge in [0.05, 0.1) is 11.2 Å². The van der Waals surface area contributed by atoms with Crippen LogP contribution in [0.4, 0.5) is 10.2 Å². The van der Waals surface area contributed by atoms with E-state index in [2.05, 4.69) is 15.0 Å². The Labute approximate surface area is 168 Å². The number of nitrogens with one attached hydrogen (secondary N) is 1. The Hall–Kier alpha value is -3.20. The molecule has 0 saturated carbocycles. The molecule has 12 nitrogen and oxygen atoms in total. The van der Waals surface area contributed by atoms with Crippen LogP contribution in [0.2, 0.25) is 0 Å². The number of aromatic nitrogens is 4. The van der Waals surface area contributed by atoms with Gasteiger partial charge in [0, 0.05) is 0 Å². The molecule has 14 heteroatoms. The fraction of sp³-hybridized carbons (Fsp3) is 0.250. The number of nitrogens with two attached hydrogens (primary N) is 1. The largest absolute Gasteiger partial charge is 0.387 e. The zero-order valence-electron chi connectivity index (χ0n) is 15.0. The number of anilines is 1. The third kappa shape index (κ3) is 3.35. The summed E-state index contributed by atoms with van der Waals surface area (Å²) in [6, 6.07) is 4.01. The number of benzene rings is 1. The lowest BCUT2D eigenvalue weighted by molar-refractivity contribution is -0.135. The summed E-state index contributed by atoms with van der Waals surface area (Å²) in [7, 11) is -4.44. The second-order valence-electron chi connectivity index (χ2n) is 6.44. The molecule has 5 N–H and O–H groups in total. The highest BCUT2D eigenvalue weighted by Gasteiger charge is 2.48. The maximum absolute atomic E-state index is 13.3. The van der Waals surface area contributed by atoms with Crippen molar-refractivity contribution in [1.29, 1.82) is 0 Å². The highest BCUT2D eigenvalue weighted by Crippen LogP contribution is 2.32. The highest BCUT2D eigenvalue weighted by molar-refractivity contribution is 7.90. The van der Waals surface area contributed by atoms with Crippen molar-refractivity contribution in [3.63, 3.8) is 0 Å². The van der Waals surface area contributed by atoms with Gasteiger partial charge in [-0.1, -0.05) is 6.07 Å². The summed E-state index contributed by atoms with van der Waals surface area (Å²) < 4.78 is 46.3. The van der Waals surface area contributed by atoms with Crippen molar-refractivity contribution in [2.24, 2.45) is 0 Å². The number of imidazole rings is 1. The molecule has 3 heterocycles. The third-order valence-corrected chi connectivity index (χ3v) is 5.84. The van der Waals surface area contributed by atoms with E-state index in [1.54, 1.807) is 4.72 Å². The van der Waals surface area contributed by atoms with E-state index in [1.807, 2.05) is 0 Å². The van der Waals surface area contributed by atoms with Gasteiger partial charge in [-0.15, -0.1) is 0 Å². The minimum absolute atomic E-state index is 0.0715. The number of hydrogen-bond donors (Lipinski definition) is 4. The van der Waals surface area contributed by atoms with Crippen LogP contribution in [0.5, 0.6) is 0 Å². The monoisotopic (exact) mass is 438 g/mol. The molecule has 1 aliphatic heterocycles. The smallest absolute Gasteiger partial charge is 0.265 e. The van der Waals surface area contributed by atoms with Crippen molar-refractivity contribution in [2.75, 3.05) is 5.73 Å². The van der Waals surface area contributed by atoms with Crippen LogP contribution in [-0.2, 0) is 19.6 Å². The van der Waals surface area contributed by atoms with Crippen LogP contribution >= 0.6 is 0 Å². The molecule has 0 radical (unpaired) electrons.